The van der Waals surface area contributed by atoms with Gasteiger partial charge in [0.15, 0.2) is 0 Å². The molecule has 1 aliphatic heterocycles. The van der Waals surface area contributed by atoms with Gasteiger partial charge in [-0.05, 0) is 24.6 Å². The molecule has 1 aromatic heterocycles. The normalized spacial score (nSPS) is 16.6. The van der Waals surface area contributed by atoms with Crippen LogP contribution in [0.1, 0.15) is 22.8 Å². The van der Waals surface area contributed by atoms with Gasteiger partial charge in [-0.1, -0.05) is 12.1 Å². The summed E-state index contributed by atoms with van der Waals surface area (Å²) in [5, 5.41) is 18.6. The number of aromatic hydroxyl groups is 1. The lowest BCUT2D eigenvalue weighted by atomic mass is 9.87. The molecule has 0 spiro atoms. The van der Waals surface area contributed by atoms with Crippen molar-refractivity contribution in [3.8, 4) is 17.6 Å². The van der Waals surface area contributed by atoms with Gasteiger partial charge in [0.1, 0.15) is 23.3 Å². The Morgan fingerprint density at radius 2 is 2.00 bits per heavy atom. The van der Waals surface area contributed by atoms with Crippen LogP contribution in [0.4, 0.5) is 0 Å². The topological polar surface area (TPSA) is 109 Å². The van der Waals surface area contributed by atoms with Gasteiger partial charge in [-0.15, -0.1) is 0 Å². The number of hydrogen-bond acceptors (Lipinski definition) is 6. The van der Waals surface area contributed by atoms with E-state index in [1.54, 1.807) is 25.1 Å². The molecule has 0 saturated carbocycles. The predicted molar refractivity (Wildman–Crippen MR) is 77.1 cm³/mol. The molecule has 6 heteroatoms. The van der Waals surface area contributed by atoms with Crippen molar-refractivity contribution in [1.29, 1.82) is 5.26 Å². The Hall–Kier alpha value is -3.20. The number of phenols is 1. The van der Waals surface area contributed by atoms with E-state index < -0.39 is 11.5 Å². The number of allylic oxidation sites excluding steroid dienone is 2. The molecule has 110 valence electrons. The largest absolute Gasteiger partial charge is 0.508 e. The molecule has 3 rings (SSSR count). The molecule has 1 aliphatic rings. The minimum Gasteiger partial charge on any atom is -0.508 e. The van der Waals surface area contributed by atoms with Gasteiger partial charge in [-0.3, -0.25) is 0 Å². The summed E-state index contributed by atoms with van der Waals surface area (Å²) in [4.78, 5) is 12.2. The van der Waals surface area contributed by atoms with Crippen molar-refractivity contribution in [2.75, 3.05) is 0 Å². The number of ether oxygens (including phenoxy) is 1. The number of rotatable bonds is 1. The Morgan fingerprint density at radius 3 is 2.64 bits per heavy atom. The molecule has 1 atom stereocenters. The maximum Gasteiger partial charge on any atom is 0.343 e. The zero-order valence-corrected chi connectivity index (χ0v) is 11.7. The van der Waals surface area contributed by atoms with Crippen LogP contribution in [0.15, 0.2) is 51.0 Å². The molecule has 0 radical (unpaired) electrons. The number of benzene rings is 1. The summed E-state index contributed by atoms with van der Waals surface area (Å²) in [6, 6.07) is 9.69. The molecule has 1 unspecified atom stereocenters. The number of aryl methyl sites for hydroxylation is 1. The fraction of sp³-hybridized carbons (Fsp3) is 0.125. The van der Waals surface area contributed by atoms with E-state index >= 15 is 0 Å². The Bertz CT molecular complexity index is 872. The first-order valence-corrected chi connectivity index (χ1v) is 6.52. The Labute approximate surface area is 125 Å². The maximum absolute atomic E-state index is 12.2. The number of nitrogens with zero attached hydrogens (tertiary/aromatic N) is 1. The van der Waals surface area contributed by atoms with Gasteiger partial charge in [0.2, 0.25) is 5.76 Å². The Balaban J connectivity index is 2.28. The lowest BCUT2D eigenvalue weighted by Crippen LogP contribution is -2.27. The molecule has 6 nitrogen and oxygen atoms in total. The molecule has 2 aromatic rings. The van der Waals surface area contributed by atoms with Crippen molar-refractivity contribution in [2.45, 2.75) is 12.8 Å². The van der Waals surface area contributed by atoms with Crippen LogP contribution < -0.4 is 16.1 Å². The first-order valence-electron chi connectivity index (χ1n) is 6.52. The van der Waals surface area contributed by atoms with Crippen molar-refractivity contribution in [3.05, 3.63) is 69.1 Å². The van der Waals surface area contributed by atoms with E-state index in [1.165, 1.54) is 12.1 Å². The third kappa shape index (κ3) is 2.09. The standard InChI is InChI=1S/C16H12N2O4/c1-8-6-11-14(16(20)21-8)13(15(18)12(7-17)22-11)9-2-4-10(19)5-3-9/h2-6,13,19H,18H2,1H3. The van der Waals surface area contributed by atoms with E-state index in [2.05, 4.69) is 0 Å². The fourth-order valence-electron chi connectivity index (χ4n) is 2.49. The van der Waals surface area contributed by atoms with Gasteiger partial charge in [-0.2, -0.15) is 5.26 Å². The van der Waals surface area contributed by atoms with Gasteiger partial charge in [-0.25, -0.2) is 4.79 Å². The van der Waals surface area contributed by atoms with Gasteiger partial charge in [0.25, 0.3) is 0 Å². The number of phenolic OH excluding ortho intramolecular Hbond substituents is 1. The van der Waals surface area contributed by atoms with Crippen LogP contribution in [0, 0.1) is 18.3 Å². The molecule has 0 saturated heterocycles. The predicted octanol–water partition coefficient (Wildman–Crippen LogP) is 1.87. The molecule has 0 amide bonds. The molecule has 3 N–H and O–H groups in total. The first-order chi connectivity index (χ1) is 10.5. The van der Waals surface area contributed by atoms with Crippen molar-refractivity contribution in [1.82, 2.24) is 0 Å². The highest BCUT2D eigenvalue weighted by atomic mass is 16.5. The second-order valence-electron chi connectivity index (χ2n) is 4.95. The number of nitrogens with two attached hydrogens (primary N) is 1. The zero-order valence-electron chi connectivity index (χ0n) is 11.7. The van der Waals surface area contributed by atoms with Crippen molar-refractivity contribution in [2.24, 2.45) is 5.73 Å². The zero-order chi connectivity index (χ0) is 15.9. The molecule has 0 bridgehead atoms. The Kier molecular flexibility index (Phi) is 3.11. The molecule has 22 heavy (non-hydrogen) atoms. The minimum absolute atomic E-state index is 0.0458. The van der Waals surface area contributed by atoms with E-state index in [-0.39, 0.29) is 28.5 Å². The van der Waals surface area contributed by atoms with Gasteiger partial charge in [0, 0.05) is 6.07 Å². The van der Waals surface area contributed by atoms with E-state index in [4.69, 9.17) is 14.9 Å². The van der Waals surface area contributed by atoms with Crippen LogP contribution in [-0.4, -0.2) is 5.11 Å². The second kappa shape index (κ2) is 4.97. The second-order valence-corrected chi connectivity index (χ2v) is 4.95. The van der Waals surface area contributed by atoms with Crippen LogP contribution >= 0.6 is 0 Å². The van der Waals surface area contributed by atoms with E-state index in [0.29, 0.717) is 11.3 Å². The van der Waals surface area contributed by atoms with Gasteiger partial charge >= 0.3 is 5.63 Å². The molecule has 2 heterocycles. The van der Waals surface area contributed by atoms with E-state index in [1.807, 2.05) is 6.07 Å². The summed E-state index contributed by atoms with van der Waals surface area (Å²) >= 11 is 0. The van der Waals surface area contributed by atoms with Crippen molar-refractivity contribution in [3.63, 3.8) is 0 Å². The van der Waals surface area contributed by atoms with Gasteiger partial charge in [0.05, 0.1) is 17.2 Å². The maximum atomic E-state index is 12.2. The highest BCUT2D eigenvalue weighted by Crippen LogP contribution is 2.39. The van der Waals surface area contributed by atoms with Crippen LogP contribution in [0.5, 0.6) is 11.5 Å². The van der Waals surface area contributed by atoms with Crippen LogP contribution in [0.25, 0.3) is 0 Å². The third-order valence-electron chi connectivity index (χ3n) is 3.48. The Morgan fingerprint density at radius 1 is 1.32 bits per heavy atom. The molecular formula is C16H12N2O4. The fourth-order valence-corrected chi connectivity index (χ4v) is 2.49. The quantitative estimate of drug-likeness (QED) is 0.831. The summed E-state index contributed by atoms with van der Waals surface area (Å²) < 4.78 is 10.5. The van der Waals surface area contributed by atoms with Crippen LogP contribution in [0.2, 0.25) is 0 Å². The van der Waals surface area contributed by atoms with Gasteiger partial charge < -0.3 is 20.0 Å². The minimum atomic E-state index is -0.657. The van der Waals surface area contributed by atoms with Crippen molar-refractivity contribution >= 4 is 0 Å². The van der Waals surface area contributed by atoms with E-state index in [9.17, 15) is 15.2 Å². The third-order valence-corrected chi connectivity index (χ3v) is 3.48. The number of nitriles is 1. The smallest absolute Gasteiger partial charge is 0.343 e. The summed E-state index contributed by atoms with van der Waals surface area (Å²) in [6.07, 6.45) is 0. The molecular weight excluding hydrogens is 284 g/mol. The molecule has 0 aliphatic carbocycles. The lowest BCUT2D eigenvalue weighted by Gasteiger charge is -2.25. The average molecular weight is 296 g/mol. The highest BCUT2D eigenvalue weighted by molar-refractivity contribution is 5.52. The molecule has 1 aromatic carbocycles. The summed E-state index contributed by atoms with van der Waals surface area (Å²) in [7, 11) is 0. The van der Waals surface area contributed by atoms with E-state index in [0.717, 1.165) is 0 Å². The number of fused-ring (bicyclic) bond motifs is 1. The summed E-state index contributed by atoms with van der Waals surface area (Å²) in [5.74, 6) is 0.0324. The number of hydrogen-bond donors (Lipinski definition) is 2. The highest BCUT2D eigenvalue weighted by Gasteiger charge is 2.33. The summed E-state index contributed by atoms with van der Waals surface area (Å²) in [5.41, 5.74) is 6.49. The summed E-state index contributed by atoms with van der Waals surface area (Å²) in [6.45, 7) is 1.62. The monoisotopic (exact) mass is 296 g/mol. The lowest BCUT2D eigenvalue weighted by molar-refractivity contribution is 0.387. The first kappa shape index (κ1) is 13.8. The SMILES string of the molecule is Cc1cc2c(c(=O)o1)C(c1ccc(O)cc1)C(N)=C(C#N)O2. The van der Waals surface area contributed by atoms with Crippen molar-refractivity contribution < 1.29 is 14.3 Å². The molecule has 0 fully saturated rings. The average Bonchev–Trinajstić information content (AvgIpc) is 2.48. The van der Waals surface area contributed by atoms with Crippen LogP contribution in [-0.2, 0) is 0 Å². The van der Waals surface area contributed by atoms with Crippen LogP contribution in [0.3, 0.4) is 0 Å².